The summed E-state index contributed by atoms with van der Waals surface area (Å²) in [5.74, 6) is 0. The summed E-state index contributed by atoms with van der Waals surface area (Å²) in [6.07, 6.45) is 4.21. The number of nitrogens with one attached hydrogen (secondary N) is 1. The number of aromatic amines is 1. The number of aryl methyl sites for hydroxylation is 1. The maximum Gasteiger partial charge on any atom is 0.0715 e. The molecule has 13 heavy (non-hydrogen) atoms. The zero-order valence-electron chi connectivity index (χ0n) is 7.41. The van der Waals surface area contributed by atoms with Crippen LogP contribution in [0.5, 0.6) is 0 Å². The molecular formula is C11H10N2. The normalized spacial score (nSPS) is 11.5. The van der Waals surface area contributed by atoms with E-state index in [2.05, 4.69) is 46.9 Å². The smallest absolute Gasteiger partial charge is 0.0715 e. The largest absolute Gasteiger partial charge is 0.357 e. The first-order chi connectivity index (χ1) is 6.34. The van der Waals surface area contributed by atoms with Crippen molar-refractivity contribution in [1.29, 1.82) is 0 Å². The third-order valence-electron chi connectivity index (χ3n) is 2.41. The Kier molecular flexibility index (Phi) is 1.13. The van der Waals surface area contributed by atoms with Gasteiger partial charge in [0.25, 0.3) is 0 Å². The second kappa shape index (κ2) is 2.16. The average molecular weight is 170 g/mol. The predicted octanol–water partition coefficient (Wildman–Crippen LogP) is 2.73. The van der Waals surface area contributed by atoms with E-state index >= 15 is 0 Å². The highest BCUT2D eigenvalue weighted by atomic mass is 14.9. The molecule has 64 valence electrons. The van der Waals surface area contributed by atoms with Crippen LogP contribution >= 0.6 is 0 Å². The Hall–Kier alpha value is -1.70. The molecule has 0 aliphatic heterocycles. The topological polar surface area (TPSA) is 20.2 Å². The van der Waals surface area contributed by atoms with Crippen molar-refractivity contribution >= 4 is 16.4 Å². The van der Waals surface area contributed by atoms with Crippen LogP contribution in [0.4, 0.5) is 0 Å². The lowest BCUT2D eigenvalue weighted by atomic mass is 10.3. The number of rotatable bonds is 0. The van der Waals surface area contributed by atoms with E-state index in [9.17, 15) is 0 Å². The molecule has 3 heterocycles. The first-order valence-electron chi connectivity index (χ1n) is 4.39. The van der Waals surface area contributed by atoms with Gasteiger partial charge in [-0.25, -0.2) is 0 Å². The van der Waals surface area contributed by atoms with E-state index in [0.717, 1.165) is 0 Å². The van der Waals surface area contributed by atoms with Gasteiger partial charge in [-0.1, -0.05) is 6.07 Å². The number of hydrogen-bond acceptors (Lipinski definition) is 0. The lowest BCUT2D eigenvalue weighted by Crippen LogP contribution is -1.79. The third-order valence-corrected chi connectivity index (χ3v) is 2.41. The Morgan fingerprint density at radius 1 is 1.31 bits per heavy atom. The van der Waals surface area contributed by atoms with Crippen molar-refractivity contribution in [3.05, 3.63) is 42.4 Å². The molecule has 2 heteroatoms. The molecule has 1 N–H and O–H groups in total. The highest BCUT2D eigenvalue weighted by molar-refractivity contribution is 5.94. The Balaban J connectivity index is 2.60. The number of nitrogens with zero attached hydrogens (tertiary/aromatic N) is 1. The molecule has 0 saturated carbocycles. The van der Waals surface area contributed by atoms with Gasteiger partial charge in [0.15, 0.2) is 0 Å². The molecule has 0 aromatic carbocycles. The van der Waals surface area contributed by atoms with Crippen molar-refractivity contribution in [2.75, 3.05) is 0 Å². The quantitative estimate of drug-likeness (QED) is 0.535. The fourth-order valence-electron chi connectivity index (χ4n) is 1.85. The average Bonchev–Trinajstić information content (AvgIpc) is 2.60. The van der Waals surface area contributed by atoms with Gasteiger partial charge in [0, 0.05) is 23.5 Å². The zero-order chi connectivity index (χ0) is 8.84. The molecule has 0 aliphatic rings. The van der Waals surface area contributed by atoms with Crippen LogP contribution in [-0.4, -0.2) is 9.38 Å². The van der Waals surface area contributed by atoms with Crippen LogP contribution in [0.2, 0.25) is 0 Å². The van der Waals surface area contributed by atoms with Gasteiger partial charge >= 0.3 is 0 Å². The van der Waals surface area contributed by atoms with Crippen LogP contribution in [0.1, 0.15) is 5.69 Å². The molecule has 0 saturated heterocycles. The minimum Gasteiger partial charge on any atom is -0.357 e. The molecular weight excluding hydrogens is 160 g/mol. The summed E-state index contributed by atoms with van der Waals surface area (Å²) in [4.78, 5) is 3.36. The van der Waals surface area contributed by atoms with E-state index in [0.29, 0.717) is 0 Å². The van der Waals surface area contributed by atoms with E-state index in [4.69, 9.17) is 0 Å². The minimum absolute atomic E-state index is 1.22. The van der Waals surface area contributed by atoms with Crippen molar-refractivity contribution < 1.29 is 0 Å². The van der Waals surface area contributed by atoms with Crippen molar-refractivity contribution in [3.8, 4) is 0 Å². The summed E-state index contributed by atoms with van der Waals surface area (Å²) in [5, 5.41) is 1.28. The lowest BCUT2D eigenvalue weighted by molar-refractivity contribution is 1.20. The van der Waals surface area contributed by atoms with Gasteiger partial charge < -0.3 is 9.38 Å². The Labute approximate surface area is 75.8 Å². The van der Waals surface area contributed by atoms with Crippen LogP contribution in [-0.2, 0) is 0 Å². The van der Waals surface area contributed by atoms with Crippen LogP contribution < -0.4 is 0 Å². The third kappa shape index (κ3) is 0.827. The lowest BCUT2D eigenvalue weighted by Gasteiger charge is -1.91. The molecule has 0 unspecified atom stereocenters. The monoisotopic (exact) mass is 170 g/mol. The van der Waals surface area contributed by atoms with Crippen LogP contribution in [0, 0.1) is 6.92 Å². The molecule has 3 aromatic heterocycles. The molecule has 3 rings (SSSR count). The SMILES string of the molecule is Cc1cc2cn3ccccc3c2[nH]1. The van der Waals surface area contributed by atoms with E-state index in [1.54, 1.807) is 0 Å². The number of hydrogen-bond donors (Lipinski definition) is 1. The molecule has 0 radical (unpaired) electrons. The number of aromatic nitrogens is 2. The number of H-pyrrole nitrogens is 1. The zero-order valence-corrected chi connectivity index (χ0v) is 7.41. The number of pyridine rings is 1. The van der Waals surface area contributed by atoms with Crippen molar-refractivity contribution in [3.63, 3.8) is 0 Å². The molecule has 2 nitrogen and oxygen atoms in total. The Morgan fingerprint density at radius 2 is 2.23 bits per heavy atom. The molecule has 3 aromatic rings. The Morgan fingerprint density at radius 3 is 3.15 bits per heavy atom. The van der Waals surface area contributed by atoms with Gasteiger partial charge in [-0.05, 0) is 25.1 Å². The summed E-state index contributed by atoms with van der Waals surface area (Å²) in [6.45, 7) is 2.08. The molecule has 0 bridgehead atoms. The van der Waals surface area contributed by atoms with Gasteiger partial charge in [0.1, 0.15) is 0 Å². The second-order valence-electron chi connectivity index (χ2n) is 3.40. The van der Waals surface area contributed by atoms with E-state index in [-0.39, 0.29) is 0 Å². The first-order valence-corrected chi connectivity index (χ1v) is 4.39. The Bertz CT molecular complexity index is 572. The highest BCUT2D eigenvalue weighted by Crippen LogP contribution is 2.21. The summed E-state index contributed by atoms with van der Waals surface area (Å²) in [7, 11) is 0. The first kappa shape index (κ1) is 6.78. The van der Waals surface area contributed by atoms with Gasteiger partial charge in [0.2, 0.25) is 0 Å². The summed E-state index contributed by atoms with van der Waals surface area (Å²) < 4.78 is 2.14. The summed E-state index contributed by atoms with van der Waals surface area (Å²) in [6, 6.07) is 8.39. The highest BCUT2D eigenvalue weighted by Gasteiger charge is 2.03. The fraction of sp³-hybridized carbons (Fsp3) is 0.0909. The summed E-state index contributed by atoms with van der Waals surface area (Å²) >= 11 is 0. The van der Waals surface area contributed by atoms with E-state index < -0.39 is 0 Å². The molecule has 0 aliphatic carbocycles. The van der Waals surface area contributed by atoms with E-state index in [1.165, 1.54) is 22.1 Å². The molecule has 0 amide bonds. The van der Waals surface area contributed by atoms with Crippen molar-refractivity contribution in [1.82, 2.24) is 9.38 Å². The summed E-state index contributed by atoms with van der Waals surface area (Å²) in [5.41, 5.74) is 3.69. The van der Waals surface area contributed by atoms with Gasteiger partial charge in [-0.3, -0.25) is 0 Å². The standard InChI is InChI=1S/C11H10N2/c1-8-6-9-7-13-5-3-2-4-10(13)11(9)12-8/h2-7,12H,1H3. The van der Waals surface area contributed by atoms with E-state index in [1.807, 2.05) is 6.07 Å². The van der Waals surface area contributed by atoms with Crippen LogP contribution in [0.25, 0.3) is 16.4 Å². The van der Waals surface area contributed by atoms with Gasteiger partial charge in [-0.15, -0.1) is 0 Å². The van der Waals surface area contributed by atoms with Crippen LogP contribution in [0.15, 0.2) is 36.7 Å². The maximum absolute atomic E-state index is 3.36. The maximum atomic E-state index is 3.36. The van der Waals surface area contributed by atoms with Crippen molar-refractivity contribution in [2.24, 2.45) is 0 Å². The number of fused-ring (bicyclic) bond motifs is 3. The predicted molar refractivity (Wildman–Crippen MR) is 54.0 cm³/mol. The van der Waals surface area contributed by atoms with Crippen molar-refractivity contribution in [2.45, 2.75) is 6.92 Å². The molecule has 0 atom stereocenters. The van der Waals surface area contributed by atoms with Gasteiger partial charge in [-0.2, -0.15) is 0 Å². The fourth-order valence-corrected chi connectivity index (χ4v) is 1.85. The van der Waals surface area contributed by atoms with Crippen LogP contribution in [0.3, 0.4) is 0 Å². The molecule has 0 spiro atoms. The van der Waals surface area contributed by atoms with Gasteiger partial charge in [0.05, 0.1) is 11.0 Å². The minimum atomic E-state index is 1.22. The second-order valence-corrected chi connectivity index (χ2v) is 3.40. The molecule has 0 fully saturated rings.